The van der Waals surface area contributed by atoms with Crippen molar-refractivity contribution in [2.75, 3.05) is 16.8 Å². The van der Waals surface area contributed by atoms with Crippen LogP contribution in [-0.2, 0) is 6.54 Å². The molecule has 1 saturated carbocycles. The number of hydrogen-bond donors (Lipinski definition) is 1. The zero-order chi connectivity index (χ0) is 18.1. The Kier molecular flexibility index (Phi) is 4.64. The maximum Gasteiger partial charge on any atom is 0.135 e. The van der Waals surface area contributed by atoms with Crippen molar-refractivity contribution in [3.63, 3.8) is 0 Å². The van der Waals surface area contributed by atoms with Gasteiger partial charge in [0.25, 0.3) is 0 Å². The molecule has 26 heavy (non-hydrogen) atoms. The Bertz CT molecular complexity index is 754. The molecule has 0 spiro atoms. The van der Waals surface area contributed by atoms with E-state index < -0.39 is 0 Å². The summed E-state index contributed by atoms with van der Waals surface area (Å²) in [6.07, 6.45) is 7.33. The first-order valence-corrected chi connectivity index (χ1v) is 10.1. The van der Waals surface area contributed by atoms with Crippen LogP contribution >= 0.6 is 0 Å². The monoisotopic (exact) mass is 349 g/mol. The molecule has 1 aromatic heterocycles. The van der Waals surface area contributed by atoms with Gasteiger partial charge in [-0.05, 0) is 61.1 Å². The molecular formula is C23H31N3. The van der Waals surface area contributed by atoms with Gasteiger partial charge < -0.3 is 10.2 Å². The van der Waals surface area contributed by atoms with Gasteiger partial charge in [-0.25, -0.2) is 4.98 Å². The van der Waals surface area contributed by atoms with Crippen molar-refractivity contribution >= 4 is 17.2 Å². The molecule has 0 bridgehead atoms. The largest absolute Gasteiger partial charge is 0.365 e. The summed E-state index contributed by atoms with van der Waals surface area (Å²) in [5.74, 6) is 2.67. The number of benzene rings is 1. The maximum absolute atomic E-state index is 4.56. The lowest BCUT2D eigenvalue weighted by atomic mass is 9.70. The second-order valence-electron chi connectivity index (χ2n) is 9.12. The molecule has 0 saturated heterocycles. The van der Waals surface area contributed by atoms with E-state index >= 15 is 0 Å². The van der Waals surface area contributed by atoms with Crippen molar-refractivity contribution in [2.24, 2.45) is 17.3 Å². The van der Waals surface area contributed by atoms with Crippen molar-refractivity contribution in [3.05, 3.63) is 48.2 Å². The van der Waals surface area contributed by atoms with Gasteiger partial charge in [0.05, 0.1) is 11.4 Å². The zero-order valence-electron chi connectivity index (χ0n) is 16.3. The Morgan fingerprint density at radius 3 is 2.58 bits per heavy atom. The number of fused-ring (bicyclic) bond motifs is 2. The number of aromatic nitrogens is 1. The summed E-state index contributed by atoms with van der Waals surface area (Å²) in [6.45, 7) is 9.28. The highest BCUT2D eigenvalue weighted by atomic mass is 15.2. The van der Waals surface area contributed by atoms with E-state index in [0.29, 0.717) is 5.41 Å². The van der Waals surface area contributed by atoms with Crippen molar-refractivity contribution in [2.45, 2.75) is 53.0 Å². The molecule has 0 radical (unpaired) electrons. The molecule has 2 heterocycles. The molecule has 1 aliphatic carbocycles. The van der Waals surface area contributed by atoms with Crippen LogP contribution in [0.4, 0.5) is 17.2 Å². The second kappa shape index (κ2) is 6.94. The minimum absolute atomic E-state index is 0.453. The standard InChI is InChI=1S/C23H31N3/c1-23(2,3)19-12-10-17(11-13-19)15-26-16-18-7-6-14-24-22(18)25-20-8-4-5-9-21(20)26/h4-9,14,17,19H,10-13,15-16H2,1-3H3,(H,24,25)/t17-,19-. The van der Waals surface area contributed by atoms with Crippen LogP contribution < -0.4 is 10.2 Å². The van der Waals surface area contributed by atoms with Crippen molar-refractivity contribution < 1.29 is 0 Å². The van der Waals surface area contributed by atoms with Gasteiger partial charge >= 0.3 is 0 Å². The number of nitrogens with one attached hydrogen (secondary N) is 1. The Morgan fingerprint density at radius 1 is 1.04 bits per heavy atom. The quantitative estimate of drug-likeness (QED) is 0.721. The zero-order valence-corrected chi connectivity index (χ0v) is 16.3. The van der Waals surface area contributed by atoms with Crippen LogP contribution in [0.1, 0.15) is 52.0 Å². The van der Waals surface area contributed by atoms with Crippen LogP contribution in [0.3, 0.4) is 0 Å². The van der Waals surface area contributed by atoms with E-state index in [1.807, 2.05) is 12.3 Å². The Labute approximate surface area is 157 Å². The van der Waals surface area contributed by atoms with Gasteiger partial charge in [-0.1, -0.05) is 39.0 Å². The van der Waals surface area contributed by atoms with Gasteiger partial charge in [0.15, 0.2) is 0 Å². The topological polar surface area (TPSA) is 28.2 Å². The lowest BCUT2D eigenvalue weighted by Gasteiger charge is -2.39. The highest BCUT2D eigenvalue weighted by Crippen LogP contribution is 2.41. The van der Waals surface area contributed by atoms with E-state index in [2.05, 4.69) is 66.3 Å². The minimum atomic E-state index is 0.453. The fourth-order valence-electron chi connectivity index (χ4n) is 4.64. The summed E-state index contributed by atoms with van der Waals surface area (Å²) in [5, 5.41) is 3.54. The number of hydrogen-bond acceptors (Lipinski definition) is 3. The third kappa shape index (κ3) is 3.58. The fourth-order valence-corrected chi connectivity index (χ4v) is 4.64. The number of pyridine rings is 1. The highest BCUT2D eigenvalue weighted by molar-refractivity contribution is 5.77. The van der Waals surface area contributed by atoms with Crippen LogP contribution in [-0.4, -0.2) is 11.5 Å². The predicted molar refractivity (Wildman–Crippen MR) is 110 cm³/mol. The van der Waals surface area contributed by atoms with Crippen LogP contribution in [0.5, 0.6) is 0 Å². The van der Waals surface area contributed by atoms with Crippen molar-refractivity contribution in [1.82, 2.24) is 4.98 Å². The average molecular weight is 350 g/mol. The molecule has 1 aliphatic heterocycles. The molecule has 0 atom stereocenters. The maximum atomic E-state index is 4.56. The van der Waals surface area contributed by atoms with Gasteiger partial charge in [-0.15, -0.1) is 0 Å². The number of rotatable bonds is 2. The van der Waals surface area contributed by atoms with Gasteiger partial charge in [0, 0.05) is 24.8 Å². The van der Waals surface area contributed by atoms with E-state index in [0.717, 1.165) is 30.7 Å². The fraction of sp³-hybridized carbons (Fsp3) is 0.522. The van der Waals surface area contributed by atoms with E-state index in [4.69, 9.17) is 0 Å². The van der Waals surface area contributed by atoms with E-state index in [9.17, 15) is 0 Å². The number of anilines is 3. The van der Waals surface area contributed by atoms with Crippen molar-refractivity contribution in [3.8, 4) is 0 Å². The first-order valence-electron chi connectivity index (χ1n) is 10.1. The Morgan fingerprint density at radius 2 is 1.81 bits per heavy atom. The molecule has 3 nitrogen and oxygen atoms in total. The molecule has 1 aromatic carbocycles. The first-order chi connectivity index (χ1) is 12.5. The van der Waals surface area contributed by atoms with Crippen molar-refractivity contribution in [1.29, 1.82) is 0 Å². The highest BCUT2D eigenvalue weighted by Gasteiger charge is 2.31. The SMILES string of the molecule is CC(C)(C)[C@H]1CC[C@H](CN2Cc3cccnc3Nc3ccccc32)CC1. The van der Waals surface area contributed by atoms with Crippen LogP contribution in [0.15, 0.2) is 42.6 Å². The molecule has 2 aliphatic rings. The molecule has 0 amide bonds. The summed E-state index contributed by atoms with van der Waals surface area (Å²) in [6, 6.07) is 12.9. The summed E-state index contributed by atoms with van der Waals surface area (Å²) in [4.78, 5) is 7.13. The van der Waals surface area contributed by atoms with Gasteiger partial charge in [0.1, 0.15) is 5.82 Å². The van der Waals surface area contributed by atoms with E-state index in [1.165, 1.54) is 42.6 Å². The molecule has 138 valence electrons. The summed E-state index contributed by atoms with van der Waals surface area (Å²) >= 11 is 0. The molecule has 1 N–H and O–H groups in total. The van der Waals surface area contributed by atoms with Gasteiger partial charge in [-0.2, -0.15) is 0 Å². The average Bonchev–Trinajstić information content (AvgIpc) is 2.78. The summed E-state index contributed by atoms with van der Waals surface area (Å²) < 4.78 is 0. The van der Waals surface area contributed by atoms with Crippen LogP contribution in [0.25, 0.3) is 0 Å². The van der Waals surface area contributed by atoms with E-state index in [1.54, 1.807) is 0 Å². The molecule has 1 fully saturated rings. The second-order valence-corrected chi connectivity index (χ2v) is 9.12. The van der Waals surface area contributed by atoms with Crippen LogP contribution in [0.2, 0.25) is 0 Å². The summed E-state index contributed by atoms with van der Waals surface area (Å²) in [5.41, 5.74) is 4.22. The minimum Gasteiger partial charge on any atom is -0.365 e. The third-order valence-electron chi connectivity index (χ3n) is 6.30. The molecule has 4 rings (SSSR count). The van der Waals surface area contributed by atoms with Crippen LogP contribution in [0, 0.1) is 17.3 Å². The molecule has 0 unspecified atom stereocenters. The normalized spacial score (nSPS) is 22.8. The van der Waals surface area contributed by atoms with E-state index in [-0.39, 0.29) is 0 Å². The first kappa shape index (κ1) is 17.4. The number of nitrogens with zero attached hydrogens (tertiary/aromatic N) is 2. The van der Waals surface area contributed by atoms with Gasteiger partial charge in [-0.3, -0.25) is 0 Å². The predicted octanol–water partition coefficient (Wildman–Crippen LogP) is 6.00. The lowest BCUT2D eigenvalue weighted by molar-refractivity contribution is 0.151. The summed E-state index contributed by atoms with van der Waals surface area (Å²) in [7, 11) is 0. The lowest BCUT2D eigenvalue weighted by Crippen LogP contribution is -2.33. The Hall–Kier alpha value is -2.03. The number of para-hydroxylation sites is 2. The Balaban J connectivity index is 1.53. The molecular weight excluding hydrogens is 318 g/mol. The molecule has 3 heteroatoms. The van der Waals surface area contributed by atoms with Gasteiger partial charge in [0.2, 0.25) is 0 Å². The third-order valence-corrected chi connectivity index (χ3v) is 6.30. The molecule has 2 aromatic rings. The smallest absolute Gasteiger partial charge is 0.135 e.